The third kappa shape index (κ3) is 6.16. The van der Waals surface area contributed by atoms with Crippen LogP contribution in [0.3, 0.4) is 0 Å². The summed E-state index contributed by atoms with van der Waals surface area (Å²) >= 11 is 0. The number of carbonyl (C=O) groups excluding carboxylic acids is 1. The molecule has 0 aliphatic rings. The van der Waals surface area contributed by atoms with Gasteiger partial charge in [0.25, 0.3) is 0 Å². The first-order valence-electron chi connectivity index (χ1n) is 8.38. The molecule has 7 heteroatoms. The molecule has 0 saturated carbocycles. The molecule has 0 bridgehead atoms. The first-order valence-corrected chi connectivity index (χ1v) is 9.86. The fourth-order valence-corrected chi connectivity index (χ4v) is 3.54. The summed E-state index contributed by atoms with van der Waals surface area (Å²) in [6, 6.07) is 13.5. The number of amides is 1. The zero-order valence-electron chi connectivity index (χ0n) is 15.2. The highest BCUT2D eigenvalue weighted by Crippen LogP contribution is 2.15. The Kier molecular flexibility index (Phi) is 6.76. The lowest BCUT2D eigenvalue weighted by Crippen LogP contribution is -2.30. The van der Waals surface area contributed by atoms with E-state index >= 15 is 0 Å². The topological polar surface area (TPSA) is 84.5 Å². The van der Waals surface area contributed by atoms with E-state index in [1.165, 1.54) is 12.1 Å². The Bertz CT molecular complexity index is 846. The number of ether oxygens (including phenoxy) is 1. The van der Waals surface area contributed by atoms with Gasteiger partial charge in [-0.1, -0.05) is 12.1 Å². The zero-order valence-corrected chi connectivity index (χ0v) is 16.0. The summed E-state index contributed by atoms with van der Waals surface area (Å²) in [5.74, 6) is 0.526. The smallest absolute Gasteiger partial charge is 0.240 e. The van der Waals surface area contributed by atoms with Crippen molar-refractivity contribution in [2.75, 3.05) is 11.9 Å². The maximum atomic E-state index is 12.1. The zero-order chi connectivity index (χ0) is 19.2. The highest BCUT2D eigenvalue weighted by molar-refractivity contribution is 7.89. The lowest BCUT2D eigenvalue weighted by molar-refractivity contribution is -0.116. The van der Waals surface area contributed by atoms with Gasteiger partial charge in [-0.05, 0) is 62.7 Å². The Morgan fingerprint density at radius 3 is 2.42 bits per heavy atom. The van der Waals surface area contributed by atoms with Crippen molar-refractivity contribution in [1.29, 1.82) is 0 Å². The minimum atomic E-state index is -3.54. The van der Waals surface area contributed by atoms with Crippen molar-refractivity contribution in [1.82, 2.24) is 4.72 Å². The molecule has 0 unspecified atom stereocenters. The molecule has 0 aliphatic heterocycles. The molecule has 140 valence electrons. The van der Waals surface area contributed by atoms with E-state index < -0.39 is 10.0 Å². The van der Waals surface area contributed by atoms with Crippen LogP contribution in [0.25, 0.3) is 0 Å². The summed E-state index contributed by atoms with van der Waals surface area (Å²) in [4.78, 5) is 12.1. The highest BCUT2D eigenvalue weighted by Gasteiger charge is 2.15. The number of nitrogens with one attached hydrogen (secondary N) is 2. The minimum absolute atomic E-state index is 0.159. The van der Waals surface area contributed by atoms with Crippen molar-refractivity contribution in [2.24, 2.45) is 0 Å². The second kappa shape index (κ2) is 8.82. The summed E-state index contributed by atoms with van der Waals surface area (Å²) in [7, 11) is -3.54. The van der Waals surface area contributed by atoms with E-state index in [1.54, 1.807) is 26.0 Å². The van der Waals surface area contributed by atoms with Crippen LogP contribution >= 0.6 is 0 Å². The Hall–Kier alpha value is -2.38. The van der Waals surface area contributed by atoms with Crippen molar-refractivity contribution in [3.05, 3.63) is 54.1 Å². The molecule has 0 atom stereocenters. The molecule has 1 amide bonds. The largest absolute Gasteiger partial charge is 0.493 e. The van der Waals surface area contributed by atoms with E-state index in [1.807, 2.05) is 31.2 Å². The van der Waals surface area contributed by atoms with Gasteiger partial charge in [0.2, 0.25) is 15.9 Å². The third-order valence-electron chi connectivity index (χ3n) is 3.43. The van der Waals surface area contributed by atoms with Crippen LogP contribution in [0.1, 0.15) is 25.8 Å². The fraction of sp³-hybridized carbons (Fsp3) is 0.316. The Balaban J connectivity index is 1.85. The van der Waals surface area contributed by atoms with Gasteiger partial charge >= 0.3 is 0 Å². The lowest BCUT2D eigenvalue weighted by atomic mass is 10.2. The maximum Gasteiger partial charge on any atom is 0.240 e. The second-order valence-corrected chi connectivity index (χ2v) is 7.98. The predicted molar refractivity (Wildman–Crippen MR) is 102 cm³/mol. The number of rotatable bonds is 8. The molecule has 0 radical (unpaired) electrons. The van der Waals surface area contributed by atoms with Crippen LogP contribution in [0, 0.1) is 6.92 Å². The Labute approximate surface area is 154 Å². The Morgan fingerprint density at radius 1 is 1.12 bits per heavy atom. The molecule has 0 fully saturated rings. The van der Waals surface area contributed by atoms with Crippen LogP contribution < -0.4 is 14.8 Å². The van der Waals surface area contributed by atoms with Gasteiger partial charge in [0.1, 0.15) is 5.75 Å². The van der Waals surface area contributed by atoms with Crippen LogP contribution in [0.4, 0.5) is 5.69 Å². The van der Waals surface area contributed by atoms with Gasteiger partial charge in [-0.15, -0.1) is 0 Å². The molecule has 0 spiro atoms. The number of aryl methyl sites for hydroxylation is 1. The van der Waals surface area contributed by atoms with Crippen LogP contribution in [-0.2, 0) is 14.8 Å². The van der Waals surface area contributed by atoms with Gasteiger partial charge in [-0.2, -0.15) is 0 Å². The van der Waals surface area contributed by atoms with E-state index in [-0.39, 0.29) is 29.9 Å². The molecule has 0 saturated heterocycles. The number of hydrogen-bond acceptors (Lipinski definition) is 4. The standard InChI is InChI=1S/C19H24N2O4S/c1-14(2)21-26(23,24)18-9-7-16(8-10-18)20-19(22)11-12-25-17-6-4-5-15(3)13-17/h4-10,13-14,21H,11-12H2,1-3H3,(H,20,22). The van der Waals surface area contributed by atoms with Crippen LogP contribution in [0.2, 0.25) is 0 Å². The van der Waals surface area contributed by atoms with Gasteiger partial charge in [0.15, 0.2) is 0 Å². The van der Waals surface area contributed by atoms with Crippen LogP contribution in [0.15, 0.2) is 53.4 Å². The molecule has 26 heavy (non-hydrogen) atoms. The van der Waals surface area contributed by atoms with Crippen molar-refractivity contribution in [2.45, 2.75) is 38.1 Å². The third-order valence-corrected chi connectivity index (χ3v) is 5.10. The van der Waals surface area contributed by atoms with Gasteiger partial charge < -0.3 is 10.1 Å². The molecular weight excluding hydrogens is 352 g/mol. The summed E-state index contributed by atoms with van der Waals surface area (Å²) in [5.41, 5.74) is 1.63. The molecular formula is C19H24N2O4S. The number of anilines is 1. The summed E-state index contributed by atoms with van der Waals surface area (Å²) in [5, 5.41) is 2.72. The summed E-state index contributed by atoms with van der Waals surface area (Å²) < 4.78 is 32.2. The molecule has 2 N–H and O–H groups in total. The van der Waals surface area contributed by atoms with Crippen molar-refractivity contribution >= 4 is 21.6 Å². The van der Waals surface area contributed by atoms with E-state index in [9.17, 15) is 13.2 Å². The molecule has 6 nitrogen and oxygen atoms in total. The second-order valence-electron chi connectivity index (χ2n) is 6.26. The molecule has 0 heterocycles. The first kappa shape index (κ1) is 19.9. The van der Waals surface area contributed by atoms with E-state index in [0.717, 1.165) is 11.3 Å². The maximum absolute atomic E-state index is 12.1. The van der Waals surface area contributed by atoms with Gasteiger partial charge in [-0.3, -0.25) is 4.79 Å². The van der Waals surface area contributed by atoms with Gasteiger partial charge in [-0.25, -0.2) is 13.1 Å². The first-order chi connectivity index (χ1) is 12.3. The summed E-state index contributed by atoms with van der Waals surface area (Å²) in [6.45, 7) is 5.75. The number of hydrogen-bond donors (Lipinski definition) is 2. The molecule has 2 rings (SSSR count). The van der Waals surface area contributed by atoms with Gasteiger partial charge in [0, 0.05) is 11.7 Å². The van der Waals surface area contributed by atoms with Crippen LogP contribution in [-0.4, -0.2) is 27.0 Å². The number of benzene rings is 2. The van der Waals surface area contributed by atoms with E-state index in [0.29, 0.717) is 5.69 Å². The van der Waals surface area contributed by atoms with Crippen molar-refractivity contribution < 1.29 is 17.9 Å². The average molecular weight is 376 g/mol. The quantitative estimate of drug-likeness (QED) is 0.741. The predicted octanol–water partition coefficient (Wildman–Crippen LogP) is 3.09. The SMILES string of the molecule is Cc1cccc(OCCC(=O)Nc2ccc(S(=O)(=O)NC(C)C)cc2)c1. The highest BCUT2D eigenvalue weighted by atomic mass is 32.2. The van der Waals surface area contributed by atoms with E-state index in [2.05, 4.69) is 10.0 Å². The fourth-order valence-electron chi connectivity index (χ4n) is 2.29. The van der Waals surface area contributed by atoms with E-state index in [4.69, 9.17) is 4.74 Å². The number of carbonyl (C=O) groups is 1. The Morgan fingerprint density at radius 2 is 1.81 bits per heavy atom. The van der Waals surface area contributed by atoms with Gasteiger partial charge in [0.05, 0.1) is 17.9 Å². The normalized spacial score (nSPS) is 11.4. The summed E-state index contributed by atoms with van der Waals surface area (Å²) in [6.07, 6.45) is 0.197. The lowest BCUT2D eigenvalue weighted by Gasteiger charge is -2.11. The average Bonchev–Trinajstić information content (AvgIpc) is 2.54. The molecule has 2 aromatic carbocycles. The van der Waals surface area contributed by atoms with Crippen molar-refractivity contribution in [3.63, 3.8) is 0 Å². The number of sulfonamides is 1. The van der Waals surface area contributed by atoms with Crippen LogP contribution in [0.5, 0.6) is 5.75 Å². The van der Waals surface area contributed by atoms with Crippen molar-refractivity contribution in [3.8, 4) is 5.75 Å². The molecule has 0 aliphatic carbocycles. The molecule has 2 aromatic rings. The monoisotopic (exact) mass is 376 g/mol. The molecule has 0 aromatic heterocycles. The minimum Gasteiger partial charge on any atom is -0.493 e.